The quantitative estimate of drug-likeness (QED) is 0.820. The minimum Gasteiger partial charge on any atom is -0.481 e. The summed E-state index contributed by atoms with van der Waals surface area (Å²) < 4.78 is 39.2. The monoisotopic (exact) mass is 309 g/mol. The van der Waals surface area contributed by atoms with Crippen molar-refractivity contribution in [2.45, 2.75) is 52.1 Å². The Morgan fingerprint density at radius 3 is 2.33 bits per heavy atom. The molecule has 1 aliphatic heterocycles. The van der Waals surface area contributed by atoms with Gasteiger partial charge in [-0.15, -0.1) is 0 Å². The number of carbonyl (C=O) groups excluding carboxylic acids is 1. The first-order valence-corrected chi connectivity index (χ1v) is 7.28. The van der Waals surface area contributed by atoms with E-state index in [0.717, 1.165) is 17.7 Å². The SMILES string of the molecule is CCCCC(CC)C(=O)N1CCC(C(=O)O)(C(F)(F)F)C1. The van der Waals surface area contributed by atoms with Crippen LogP contribution in [0.2, 0.25) is 0 Å². The lowest BCUT2D eigenvalue weighted by Crippen LogP contribution is -2.48. The van der Waals surface area contributed by atoms with Crippen LogP contribution < -0.4 is 0 Å². The molecule has 2 atom stereocenters. The van der Waals surface area contributed by atoms with Gasteiger partial charge >= 0.3 is 12.1 Å². The highest BCUT2D eigenvalue weighted by Crippen LogP contribution is 2.46. The second-order valence-electron chi connectivity index (χ2n) is 5.64. The fraction of sp³-hybridized carbons (Fsp3) is 0.857. The van der Waals surface area contributed by atoms with E-state index in [2.05, 4.69) is 0 Å². The Kier molecular flexibility index (Phi) is 5.64. The van der Waals surface area contributed by atoms with Gasteiger partial charge in [-0.25, -0.2) is 0 Å². The average molecular weight is 309 g/mol. The molecule has 0 aromatic rings. The predicted molar refractivity (Wildman–Crippen MR) is 70.6 cm³/mol. The summed E-state index contributed by atoms with van der Waals surface area (Å²) >= 11 is 0. The van der Waals surface area contributed by atoms with Crippen molar-refractivity contribution in [3.8, 4) is 0 Å². The van der Waals surface area contributed by atoms with Crippen LogP contribution in [0.3, 0.4) is 0 Å². The summed E-state index contributed by atoms with van der Waals surface area (Å²) in [5.41, 5.74) is -2.81. The maximum atomic E-state index is 13.1. The minimum absolute atomic E-state index is 0.146. The third kappa shape index (κ3) is 3.49. The van der Waals surface area contributed by atoms with Gasteiger partial charge in [-0.05, 0) is 19.3 Å². The van der Waals surface area contributed by atoms with Gasteiger partial charge in [0.05, 0.1) is 0 Å². The molecule has 2 unspecified atom stereocenters. The lowest BCUT2D eigenvalue weighted by molar-refractivity contribution is -0.227. The van der Waals surface area contributed by atoms with Crippen LogP contribution in [-0.4, -0.2) is 41.1 Å². The zero-order valence-corrected chi connectivity index (χ0v) is 12.4. The fourth-order valence-corrected chi connectivity index (χ4v) is 2.74. The van der Waals surface area contributed by atoms with E-state index >= 15 is 0 Å². The van der Waals surface area contributed by atoms with E-state index in [9.17, 15) is 22.8 Å². The molecule has 1 aliphatic rings. The largest absolute Gasteiger partial charge is 0.481 e. The molecule has 0 aliphatic carbocycles. The molecule has 0 aromatic carbocycles. The van der Waals surface area contributed by atoms with Crippen LogP contribution in [0.4, 0.5) is 13.2 Å². The summed E-state index contributed by atoms with van der Waals surface area (Å²) in [5, 5.41) is 8.98. The third-order valence-electron chi connectivity index (χ3n) is 4.28. The Hall–Kier alpha value is -1.27. The normalized spacial score (nSPS) is 24.1. The molecule has 7 heteroatoms. The van der Waals surface area contributed by atoms with Gasteiger partial charge in [0.25, 0.3) is 0 Å². The number of hydrogen-bond donors (Lipinski definition) is 1. The number of hydrogen-bond acceptors (Lipinski definition) is 2. The molecule has 0 bridgehead atoms. The number of aliphatic carboxylic acids is 1. The number of rotatable bonds is 6. The number of carboxylic acid groups (broad SMARTS) is 1. The predicted octanol–water partition coefficient (Wildman–Crippen LogP) is 3.07. The molecule has 1 saturated heterocycles. The van der Waals surface area contributed by atoms with Crippen LogP contribution in [0.5, 0.6) is 0 Å². The number of carbonyl (C=O) groups is 2. The summed E-state index contributed by atoms with van der Waals surface area (Å²) in [5.74, 6) is -2.56. The Morgan fingerprint density at radius 2 is 1.95 bits per heavy atom. The van der Waals surface area contributed by atoms with Crippen LogP contribution in [0.15, 0.2) is 0 Å². The summed E-state index contributed by atoms with van der Waals surface area (Å²) in [6, 6.07) is 0. The molecule has 1 rings (SSSR count). The van der Waals surface area contributed by atoms with E-state index in [1.54, 1.807) is 0 Å². The molecular weight excluding hydrogens is 287 g/mol. The maximum absolute atomic E-state index is 13.1. The van der Waals surface area contributed by atoms with Crippen molar-refractivity contribution < 1.29 is 27.9 Å². The molecule has 0 spiro atoms. The van der Waals surface area contributed by atoms with Gasteiger partial charge in [0.1, 0.15) is 0 Å². The van der Waals surface area contributed by atoms with Crippen molar-refractivity contribution in [2.75, 3.05) is 13.1 Å². The highest BCUT2D eigenvalue weighted by molar-refractivity contribution is 5.82. The molecule has 1 amide bonds. The number of unbranched alkanes of at least 4 members (excludes halogenated alkanes) is 1. The van der Waals surface area contributed by atoms with Gasteiger partial charge in [-0.1, -0.05) is 26.7 Å². The number of carboxylic acids is 1. The second-order valence-corrected chi connectivity index (χ2v) is 5.64. The first-order valence-electron chi connectivity index (χ1n) is 7.28. The Labute approximate surface area is 122 Å². The molecule has 1 fully saturated rings. The van der Waals surface area contributed by atoms with E-state index in [1.807, 2.05) is 13.8 Å². The molecular formula is C14H22F3NO3. The van der Waals surface area contributed by atoms with Crippen molar-refractivity contribution in [2.24, 2.45) is 11.3 Å². The Bertz CT molecular complexity index is 397. The number of halogens is 3. The summed E-state index contributed by atoms with van der Waals surface area (Å²) in [4.78, 5) is 24.5. The molecule has 4 nitrogen and oxygen atoms in total. The first-order chi connectivity index (χ1) is 9.69. The molecule has 0 aromatic heterocycles. The van der Waals surface area contributed by atoms with Crippen molar-refractivity contribution in [3.63, 3.8) is 0 Å². The zero-order chi connectivity index (χ0) is 16.3. The molecule has 0 saturated carbocycles. The van der Waals surface area contributed by atoms with Gasteiger partial charge in [-0.2, -0.15) is 13.2 Å². The first kappa shape index (κ1) is 17.8. The minimum atomic E-state index is -4.85. The van der Waals surface area contributed by atoms with Crippen LogP contribution in [-0.2, 0) is 9.59 Å². The molecule has 1 heterocycles. The molecule has 122 valence electrons. The summed E-state index contributed by atoms with van der Waals surface area (Å²) in [6.07, 6.45) is -2.48. The lowest BCUT2D eigenvalue weighted by Gasteiger charge is -2.28. The fourth-order valence-electron chi connectivity index (χ4n) is 2.74. The highest BCUT2D eigenvalue weighted by atomic mass is 19.4. The average Bonchev–Trinajstić information content (AvgIpc) is 2.85. The molecule has 1 N–H and O–H groups in total. The van der Waals surface area contributed by atoms with Crippen molar-refractivity contribution in [1.82, 2.24) is 4.90 Å². The van der Waals surface area contributed by atoms with Crippen molar-refractivity contribution in [3.05, 3.63) is 0 Å². The van der Waals surface area contributed by atoms with Crippen LogP contribution in [0.25, 0.3) is 0 Å². The number of alkyl halides is 3. The Morgan fingerprint density at radius 1 is 1.33 bits per heavy atom. The van der Waals surface area contributed by atoms with E-state index < -0.39 is 30.5 Å². The van der Waals surface area contributed by atoms with Crippen LogP contribution in [0, 0.1) is 11.3 Å². The summed E-state index contributed by atoms with van der Waals surface area (Å²) in [6.45, 7) is 2.88. The molecule has 21 heavy (non-hydrogen) atoms. The van der Waals surface area contributed by atoms with E-state index in [1.165, 1.54) is 0 Å². The standard InChI is InChI=1S/C14H22F3NO3/c1-3-5-6-10(4-2)11(19)18-8-7-13(9-18,12(20)21)14(15,16)17/h10H,3-9H2,1-2H3,(H,20,21). The topological polar surface area (TPSA) is 57.6 Å². The van der Waals surface area contributed by atoms with Crippen LogP contribution in [0.1, 0.15) is 46.0 Å². The summed E-state index contributed by atoms with van der Waals surface area (Å²) in [7, 11) is 0. The number of nitrogens with zero attached hydrogens (tertiary/aromatic N) is 1. The lowest BCUT2D eigenvalue weighted by atomic mass is 9.86. The second kappa shape index (κ2) is 6.66. The van der Waals surface area contributed by atoms with Crippen molar-refractivity contribution in [1.29, 1.82) is 0 Å². The molecule has 0 radical (unpaired) electrons. The smallest absolute Gasteiger partial charge is 0.406 e. The van der Waals surface area contributed by atoms with Gasteiger partial charge < -0.3 is 10.0 Å². The van der Waals surface area contributed by atoms with Gasteiger partial charge in [0.15, 0.2) is 5.41 Å². The number of amides is 1. The third-order valence-corrected chi connectivity index (χ3v) is 4.28. The van der Waals surface area contributed by atoms with Gasteiger partial charge in [0, 0.05) is 19.0 Å². The van der Waals surface area contributed by atoms with Gasteiger partial charge in [-0.3, -0.25) is 9.59 Å². The van der Waals surface area contributed by atoms with E-state index in [0.29, 0.717) is 12.8 Å². The van der Waals surface area contributed by atoms with Gasteiger partial charge in [0.2, 0.25) is 5.91 Å². The van der Waals surface area contributed by atoms with Crippen LogP contribution >= 0.6 is 0 Å². The zero-order valence-electron chi connectivity index (χ0n) is 12.4. The number of likely N-dealkylation sites (tertiary alicyclic amines) is 1. The Balaban J connectivity index is 2.84. The maximum Gasteiger partial charge on any atom is 0.406 e. The highest BCUT2D eigenvalue weighted by Gasteiger charge is 2.64. The van der Waals surface area contributed by atoms with E-state index in [4.69, 9.17) is 5.11 Å². The van der Waals surface area contributed by atoms with E-state index in [-0.39, 0.29) is 18.4 Å². The van der Waals surface area contributed by atoms with Crippen molar-refractivity contribution >= 4 is 11.9 Å².